The second-order valence-corrected chi connectivity index (χ2v) is 6.68. The average molecular weight is 350 g/mol. The number of amides is 1. The Morgan fingerprint density at radius 2 is 1.88 bits per heavy atom. The maximum absolute atomic E-state index is 13.5. The fourth-order valence-corrected chi connectivity index (χ4v) is 3.69. The van der Waals surface area contributed by atoms with E-state index in [1.54, 1.807) is 17.4 Å². The molecule has 2 aromatic heterocycles. The van der Waals surface area contributed by atoms with E-state index in [2.05, 4.69) is 5.32 Å². The van der Waals surface area contributed by atoms with Crippen molar-refractivity contribution in [2.45, 2.75) is 6.54 Å². The summed E-state index contributed by atoms with van der Waals surface area (Å²) in [6.07, 6.45) is 0. The molecule has 0 bridgehead atoms. The fourth-order valence-electron chi connectivity index (χ4n) is 2.87. The zero-order valence-corrected chi connectivity index (χ0v) is 14.1. The lowest BCUT2D eigenvalue weighted by molar-refractivity contribution is 0.101. The summed E-state index contributed by atoms with van der Waals surface area (Å²) in [7, 11) is 0. The molecule has 0 saturated heterocycles. The summed E-state index contributed by atoms with van der Waals surface area (Å²) in [6, 6.07) is 19.7. The first-order valence-electron chi connectivity index (χ1n) is 7.88. The van der Waals surface area contributed by atoms with Gasteiger partial charge in [-0.25, -0.2) is 4.39 Å². The lowest BCUT2D eigenvalue weighted by Gasteiger charge is -2.11. The molecular weight excluding hydrogens is 335 g/mol. The summed E-state index contributed by atoms with van der Waals surface area (Å²) in [5, 5.41) is 4.91. The standard InChI is InChI=1S/C20H15FN2OS/c21-15-6-4-5-14(11-15)13-23-17-9-10-25-19(17)12-18(23)20(24)22-16-7-2-1-3-8-16/h1-12H,13H2,(H,22,24). The van der Waals surface area contributed by atoms with Crippen LogP contribution < -0.4 is 5.32 Å². The maximum atomic E-state index is 13.5. The molecule has 0 fully saturated rings. The molecule has 4 rings (SSSR count). The minimum atomic E-state index is -0.276. The summed E-state index contributed by atoms with van der Waals surface area (Å²) in [5.41, 5.74) is 3.11. The van der Waals surface area contributed by atoms with Crippen LogP contribution in [0.5, 0.6) is 0 Å². The van der Waals surface area contributed by atoms with Crippen LogP contribution in [-0.2, 0) is 6.54 Å². The highest BCUT2D eigenvalue weighted by atomic mass is 32.1. The number of aromatic nitrogens is 1. The van der Waals surface area contributed by atoms with Crippen molar-refractivity contribution in [3.63, 3.8) is 0 Å². The Morgan fingerprint density at radius 3 is 2.68 bits per heavy atom. The number of anilines is 1. The minimum Gasteiger partial charge on any atom is -0.331 e. The van der Waals surface area contributed by atoms with Gasteiger partial charge in [0, 0.05) is 12.2 Å². The molecular formula is C20H15FN2OS. The smallest absolute Gasteiger partial charge is 0.272 e. The number of hydrogen-bond donors (Lipinski definition) is 1. The number of nitrogens with one attached hydrogen (secondary N) is 1. The number of carbonyl (C=O) groups is 1. The lowest BCUT2D eigenvalue weighted by Crippen LogP contribution is -2.17. The second-order valence-electron chi connectivity index (χ2n) is 5.74. The molecule has 0 saturated carbocycles. The molecule has 2 aromatic carbocycles. The van der Waals surface area contributed by atoms with E-state index in [-0.39, 0.29) is 11.7 Å². The van der Waals surface area contributed by atoms with Crippen molar-refractivity contribution in [1.29, 1.82) is 0 Å². The van der Waals surface area contributed by atoms with Gasteiger partial charge in [0.15, 0.2) is 0 Å². The van der Waals surface area contributed by atoms with Crippen molar-refractivity contribution >= 4 is 33.1 Å². The van der Waals surface area contributed by atoms with Gasteiger partial charge in [-0.1, -0.05) is 30.3 Å². The molecule has 0 atom stereocenters. The number of hydrogen-bond acceptors (Lipinski definition) is 2. The van der Waals surface area contributed by atoms with Crippen LogP contribution in [0.2, 0.25) is 0 Å². The van der Waals surface area contributed by atoms with E-state index in [0.29, 0.717) is 12.2 Å². The van der Waals surface area contributed by atoms with Gasteiger partial charge in [-0.05, 0) is 47.3 Å². The highest BCUT2D eigenvalue weighted by molar-refractivity contribution is 7.17. The van der Waals surface area contributed by atoms with Crippen LogP contribution in [0.3, 0.4) is 0 Å². The van der Waals surface area contributed by atoms with Crippen LogP contribution in [0.1, 0.15) is 16.1 Å². The van der Waals surface area contributed by atoms with E-state index in [0.717, 1.165) is 21.5 Å². The number of fused-ring (bicyclic) bond motifs is 1. The number of rotatable bonds is 4. The monoisotopic (exact) mass is 350 g/mol. The maximum Gasteiger partial charge on any atom is 0.272 e. The average Bonchev–Trinajstić information content (AvgIpc) is 3.19. The van der Waals surface area contributed by atoms with Gasteiger partial charge < -0.3 is 9.88 Å². The first-order valence-corrected chi connectivity index (χ1v) is 8.76. The van der Waals surface area contributed by atoms with Crippen molar-refractivity contribution in [1.82, 2.24) is 4.57 Å². The van der Waals surface area contributed by atoms with E-state index in [1.165, 1.54) is 12.1 Å². The third-order valence-corrected chi connectivity index (χ3v) is 4.87. The largest absolute Gasteiger partial charge is 0.331 e. The van der Waals surface area contributed by atoms with Gasteiger partial charge in [0.2, 0.25) is 0 Å². The van der Waals surface area contributed by atoms with Crippen molar-refractivity contribution < 1.29 is 9.18 Å². The van der Waals surface area contributed by atoms with Crippen LogP contribution in [-0.4, -0.2) is 10.5 Å². The number of halogens is 1. The Balaban J connectivity index is 1.71. The predicted molar refractivity (Wildman–Crippen MR) is 99.7 cm³/mol. The van der Waals surface area contributed by atoms with E-state index in [9.17, 15) is 9.18 Å². The molecule has 2 heterocycles. The van der Waals surface area contributed by atoms with Crippen molar-refractivity contribution in [3.05, 3.63) is 89.2 Å². The van der Waals surface area contributed by atoms with Gasteiger partial charge in [-0.3, -0.25) is 4.79 Å². The number of nitrogens with zero attached hydrogens (tertiary/aromatic N) is 1. The van der Waals surface area contributed by atoms with Crippen molar-refractivity contribution in [2.24, 2.45) is 0 Å². The molecule has 4 aromatic rings. The SMILES string of the molecule is O=C(Nc1ccccc1)c1cc2sccc2n1Cc1cccc(F)c1. The van der Waals surface area contributed by atoms with Gasteiger partial charge in [0.1, 0.15) is 11.5 Å². The van der Waals surface area contributed by atoms with E-state index < -0.39 is 0 Å². The summed E-state index contributed by atoms with van der Waals surface area (Å²) >= 11 is 1.58. The molecule has 1 amide bonds. The first-order chi connectivity index (χ1) is 12.2. The molecule has 0 radical (unpaired) electrons. The molecule has 124 valence electrons. The second kappa shape index (κ2) is 6.53. The number of carbonyl (C=O) groups excluding carboxylic acids is 1. The van der Waals surface area contributed by atoms with Crippen LogP contribution in [0.25, 0.3) is 10.2 Å². The van der Waals surface area contributed by atoms with Crippen molar-refractivity contribution in [3.8, 4) is 0 Å². The van der Waals surface area contributed by atoms with Crippen molar-refractivity contribution in [2.75, 3.05) is 5.32 Å². The van der Waals surface area contributed by atoms with Crippen LogP contribution >= 0.6 is 11.3 Å². The molecule has 25 heavy (non-hydrogen) atoms. The topological polar surface area (TPSA) is 34.0 Å². The Hall–Kier alpha value is -2.92. The Kier molecular flexibility index (Phi) is 4.07. The fraction of sp³-hybridized carbons (Fsp3) is 0.0500. The summed E-state index contributed by atoms with van der Waals surface area (Å²) < 4.78 is 16.5. The number of thiophene rings is 1. The van der Waals surface area contributed by atoms with Gasteiger partial charge in [-0.15, -0.1) is 11.3 Å². The third kappa shape index (κ3) is 3.19. The number of benzene rings is 2. The summed E-state index contributed by atoms with van der Waals surface area (Å²) in [6.45, 7) is 0.440. The molecule has 0 aliphatic carbocycles. The van der Waals surface area contributed by atoms with Gasteiger partial charge in [-0.2, -0.15) is 0 Å². The lowest BCUT2D eigenvalue weighted by atomic mass is 10.2. The molecule has 1 N–H and O–H groups in total. The summed E-state index contributed by atoms with van der Waals surface area (Å²) in [4.78, 5) is 12.8. The highest BCUT2D eigenvalue weighted by Crippen LogP contribution is 2.27. The van der Waals surface area contributed by atoms with Gasteiger partial charge in [0.05, 0.1) is 10.2 Å². The zero-order chi connectivity index (χ0) is 17.2. The normalized spacial score (nSPS) is 10.9. The van der Waals surface area contributed by atoms with Crippen LogP contribution in [0, 0.1) is 5.82 Å². The van der Waals surface area contributed by atoms with E-state index in [4.69, 9.17) is 0 Å². The number of para-hydroxylation sites is 1. The van der Waals surface area contributed by atoms with Gasteiger partial charge >= 0.3 is 0 Å². The predicted octanol–water partition coefficient (Wildman–Crippen LogP) is 5.14. The minimum absolute atomic E-state index is 0.175. The quantitative estimate of drug-likeness (QED) is 0.543. The Labute approximate surface area is 148 Å². The highest BCUT2D eigenvalue weighted by Gasteiger charge is 2.17. The van der Waals surface area contributed by atoms with E-state index in [1.807, 2.05) is 58.5 Å². The Morgan fingerprint density at radius 1 is 1.04 bits per heavy atom. The van der Waals surface area contributed by atoms with Crippen LogP contribution in [0.4, 0.5) is 10.1 Å². The molecule has 0 aliphatic rings. The summed E-state index contributed by atoms with van der Waals surface area (Å²) in [5.74, 6) is -0.451. The molecule has 5 heteroatoms. The molecule has 0 unspecified atom stereocenters. The molecule has 0 aliphatic heterocycles. The zero-order valence-electron chi connectivity index (χ0n) is 13.3. The Bertz CT molecular complexity index is 1040. The first kappa shape index (κ1) is 15.6. The van der Waals surface area contributed by atoms with Crippen LogP contribution in [0.15, 0.2) is 72.1 Å². The van der Waals surface area contributed by atoms with E-state index >= 15 is 0 Å². The molecule has 3 nitrogen and oxygen atoms in total. The molecule has 0 spiro atoms. The van der Waals surface area contributed by atoms with Gasteiger partial charge in [0.25, 0.3) is 5.91 Å². The third-order valence-electron chi connectivity index (χ3n) is 4.02.